The first-order valence-corrected chi connectivity index (χ1v) is 17.3. The van der Waals surface area contributed by atoms with Crippen molar-refractivity contribution in [1.29, 1.82) is 0 Å². The van der Waals surface area contributed by atoms with Crippen molar-refractivity contribution in [3.05, 3.63) is 95.3 Å². The Kier molecular flexibility index (Phi) is 12.3. The molecule has 2 unspecified atom stereocenters. The predicted octanol–water partition coefficient (Wildman–Crippen LogP) is 6.10. The lowest BCUT2D eigenvalue weighted by Gasteiger charge is -2.46. The highest BCUT2D eigenvalue weighted by Crippen LogP contribution is 2.40. The Morgan fingerprint density at radius 3 is 2.78 bits per heavy atom. The van der Waals surface area contributed by atoms with Crippen LogP contribution in [0.3, 0.4) is 0 Å². The molecule has 1 N–H and O–H groups in total. The molecule has 51 heavy (non-hydrogen) atoms. The van der Waals surface area contributed by atoms with E-state index in [-0.39, 0.29) is 23.6 Å². The molecule has 2 aromatic carbocycles. The summed E-state index contributed by atoms with van der Waals surface area (Å²) in [5, 5.41) is 9.39. The number of benzene rings is 2. The van der Waals surface area contributed by atoms with Gasteiger partial charge in [0.1, 0.15) is 24.0 Å². The number of halogens is 1. The monoisotopic (exact) mass is 693 g/mol. The molecule has 11 heteroatoms. The first kappa shape index (κ1) is 36.9. The number of nitrogens with zero attached hydrogens (tertiary/aromatic N) is 6. The average molecular weight is 694 g/mol. The second-order valence-corrected chi connectivity index (χ2v) is 13.0. The van der Waals surface area contributed by atoms with Crippen molar-refractivity contribution in [3.63, 3.8) is 0 Å². The number of aryl methyl sites for hydroxylation is 1. The minimum atomic E-state index is -0.446. The molecule has 0 aromatic heterocycles. The quantitative estimate of drug-likeness (QED) is 0.132. The van der Waals surface area contributed by atoms with E-state index in [1.165, 1.54) is 0 Å². The second kappa shape index (κ2) is 17.1. The number of allylic oxidation sites excluding steroid dienone is 2. The van der Waals surface area contributed by atoms with Crippen LogP contribution in [-0.4, -0.2) is 92.2 Å². The topological polar surface area (TPSA) is 85.2 Å². The molecular formula is C40H48FN7O3. The van der Waals surface area contributed by atoms with E-state index < -0.39 is 5.82 Å². The normalized spacial score (nSPS) is 18.2. The summed E-state index contributed by atoms with van der Waals surface area (Å²) in [5.41, 5.74) is 3.25. The maximum Gasteiger partial charge on any atom is 0.246 e. The third kappa shape index (κ3) is 9.07. The van der Waals surface area contributed by atoms with Gasteiger partial charge < -0.3 is 29.5 Å². The number of anilines is 2. The van der Waals surface area contributed by atoms with Crippen LogP contribution in [0.2, 0.25) is 0 Å². The molecule has 0 saturated carbocycles. The SMILES string of the molecule is C#CC(C)/C=N\N1C=CC(Oc2ccc(NC(=N/C=C/CC)c3c(C)ccc4c3OCC3CN(C(=O)/C=C/CN(C)C)CCN43)c(F)c2C)=CC1. The van der Waals surface area contributed by atoms with Crippen LogP contribution in [0.4, 0.5) is 15.8 Å². The van der Waals surface area contributed by atoms with Gasteiger partial charge in [-0.2, -0.15) is 5.10 Å². The lowest BCUT2D eigenvalue weighted by Crippen LogP contribution is -2.58. The minimum absolute atomic E-state index is 0.0102. The van der Waals surface area contributed by atoms with Gasteiger partial charge in [0, 0.05) is 56.4 Å². The molecule has 2 atom stereocenters. The standard InChI is InChI=1S/C40H48FN7O3/c1-8-10-19-42-40(44-33-14-16-35(30(5)38(33)41)51-32-17-21-47(22-18-32)43-25-28(3)9-2)37-29(4)13-15-34-39(37)50-27-31-26-46(23-24-48(31)34)36(49)12-11-20-45(6)7/h2,10-19,21,25,28,31H,8,20,22-24,26-27H2,1,3-7H3,(H,42,44)/b12-11+,19-10+,43-25-. The van der Waals surface area contributed by atoms with Gasteiger partial charge in [0.25, 0.3) is 0 Å². The number of fused-ring (bicyclic) bond motifs is 3. The largest absolute Gasteiger partial charge is 0.488 e. The molecule has 2 aromatic rings. The van der Waals surface area contributed by atoms with Crippen LogP contribution in [0.1, 0.15) is 37.0 Å². The van der Waals surface area contributed by atoms with Gasteiger partial charge in [0.05, 0.1) is 35.4 Å². The number of nitrogens with one attached hydrogen (secondary N) is 1. The van der Waals surface area contributed by atoms with Gasteiger partial charge in [0.15, 0.2) is 11.6 Å². The van der Waals surface area contributed by atoms with Crippen LogP contribution in [-0.2, 0) is 4.79 Å². The number of aliphatic imine (C=N–C) groups is 1. The molecule has 0 radical (unpaired) electrons. The van der Waals surface area contributed by atoms with Gasteiger partial charge in [0.2, 0.25) is 5.91 Å². The number of amides is 1. The fourth-order valence-electron chi connectivity index (χ4n) is 5.88. The predicted molar refractivity (Wildman–Crippen MR) is 204 cm³/mol. The highest BCUT2D eigenvalue weighted by atomic mass is 19.1. The van der Waals surface area contributed by atoms with E-state index in [9.17, 15) is 4.79 Å². The van der Waals surface area contributed by atoms with Crippen LogP contribution in [0.15, 0.2) is 82.9 Å². The van der Waals surface area contributed by atoms with Crippen molar-refractivity contribution in [3.8, 4) is 23.8 Å². The molecule has 1 saturated heterocycles. The molecule has 5 rings (SSSR count). The number of ether oxygens (including phenoxy) is 2. The third-order valence-electron chi connectivity index (χ3n) is 8.79. The van der Waals surface area contributed by atoms with E-state index in [1.54, 1.807) is 54.8 Å². The van der Waals surface area contributed by atoms with Gasteiger partial charge >= 0.3 is 0 Å². The zero-order valence-corrected chi connectivity index (χ0v) is 30.4. The van der Waals surface area contributed by atoms with Crippen molar-refractivity contribution in [2.75, 3.05) is 63.6 Å². The van der Waals surface area contributed by atoms with Gasteiger partial charge in [-0.25, -0.2) is 9.38 Å². The van der Waals surface area contributed by atoms with Crippen LogP contribution >= 0.6 is 0 Å². The van der Waals surface area contributed by atoms with Gasteiger partial charge in [-0.05, 0) is 77.2 Å². The Balaban J connectivity index is 1.35. The van der Waals surface area contributed by atoms with Crippen molar-refractivity contribution < 1.29 is 18.7 Å². The summed E-state index contributed by atoms with van der Waals surface area (Å²) in [6.45, 7) is 11.1. The molecule has 3 heterocycles. The number of carbonyl (C=O) groups is 1. The summed E-state index contributed by atoms with van der Waals surface area (Å²) >= 11 is 0. The fraction of sp³-hybridized carbons (Fsp3) is 0.375. The molecule has 0 bridgehead atoms. The third-order valence-corrected chi connectivity index (χ3v) is 8.79. The Hall–Kier alpha value is -5.34. The van der Waals surface area contributed by atoms with Gasteiger partial charge in [-0.3, -0.25) is 9.80 Å². The number of hydrogen-bond acceptors (Lipinski definition) is 8. The molecule has 268 valence electrons. The lowest BCUT2D eigenvalue weighted by molar-refractivity contribution is -0.127. The van der Waals surface area contributed by atoms with E-state index in [1.807, 2.05) is 69.0 Å². The molecule has 0 spiro atoms. The number of rotatable bonds is 11. The summed E-state index contributed by atoms with van der Waals surface area (Å²) in [6.07, 6.45) is 20.6. The lowest BCUT2D eigenvalue weighted by atomic mass is 10.00. The number of carbonyl (C=O) groups excluding carboxylic acids is 1. The van der Waals surface area contributed by atoms with Crippen LogP contribution in [0.25, 0.3) is 0 Å². The number of terminal acetylenes is 1. The molecular weight excluding hydrogens is 645 g/mol. The summed E-state index contributed by atoms with van der Waals surface area (Å²) in [4.78, 5) is 23.9. The van der Waals surface area contributed by atoms with Crippen molar-refractivity contribution in [2.45, 2.75) is 40.2 Å². The van der Waals surface area contributed by atoms with Crippen LogP contribution < -0.4 is 19.7 Å². The Labute approximate surface area is 301 Å². The second-order valence-electron chi connectivity index (χ2n) is 13.0. The smallest absolute Gasteiger partial charge is 0.246 e. The molecule has 3 aliphatic heterocycles. The average Bonchev–Trinajstić information content (AvgIpc) is 3.13. The molecule has 10 nitrogen and oxygen atoms in total. The van der Waals surface area contributed by atoms with Crippen LogP contribution in [0.5, 0.6) is 11.5 Å². The number of hydrogen-bond donors (Lipinski definition) is 1. The number of likely N-dealkylation sites (N-methyl/N-ethyl adjacent to an activating group) is 1. The summed E-state index contributed by atoms with van der Waals surface area (Å²) in [6, 6.07) is 7.51. The first-order chi connectivity index (χ1) is 24.6. The van der Waals surface area contributed by atoms with E-state index in [0.717, 1.165) is 23.2 Å². The summed E-state index contributed by atoms with van der Waals surface area (Å²) < 4.78 is 28.6. The minimum Gasteiger partial charge on any atom is -0.488 e. The van der Waals surface area contributed by atoms with E-state index >= 15 is 4.39 Å². The number of piperazine rings is 1. The van der Waals surface area contributed by atoms with Gasteiger partial charge in [-0.15, -0.1) is 6.42 Å². The molecule has 1 fully saturated rings. The summed E-state index contributed by atoms with van der Waals surface area (Å²) in [7, 11) is 3.94. The molecule has 0 aliphatic carbocycles. The fourth-order valence-corrected chi connectivity index (χ4v) is 5.88. The summed E-state index contributed by atoms with van der Waals surface area (Å²) in [5.74, 6) is 4.27. The maximum atomic E-state index is 16.1. The number of amidine groups is 1. The molecule has 3 aliphatic rings. The Morgan fingerprint density at radius 2 is 2.06 bits per heavy atom. The van der Waals surface area contributed by atoms with E-state index in [0.29, 0.717) is 68.0 Å². The van der Waals surface area contributed by atoms with Gasteiger partial charge in [-0.1, -0.05) is 31.1 Å². The van der Waals surface area contributed by atoms with Crippen molar-refractivity contribution in [2.24, 2.45) is 16.0 Å². The van der Waals surface area contributed by atoms with Crippen molar-refractivity contribution >= 4 is 29.3 Å². The maximum absolute atomic E-state index is 16.1. The first-order valence-electron chi connectivity index (χ1n) is 17.3. The Bertz CT molecular complexity index is 1820. The number of hydrazone groups is 1. The van der Waals surface area contributed by atoms with Crippen LogP contribution in [0, 0.1) is 37.9 Å². The van der Waals surface area contributed by atoms with E-state index in [4.69, 9.17) is 20.9 Å². The van der Waals surface area contributed by atoms with Crippen molar-refractivity contribution in [1.82, 2.24) is 14.8 Å². The Morgan fingerprint density at radius 1 is 1.24 bits per heavy atom. The zero-order valence-electron chi connectivity index (χ0n) is 30.4. The highest BCUT2D eigenvalue weighted by molar-refractivity contribution is 6.12. The highest BCUT2D eigenvalue weighted by Gasteiger charge is 2.36. The molecule has 1 amide bonds. The van der Waals surface area contributed by atoms with E-state index in [2.05, 4.69) is 27.3 Å². The zero-order chi connectivity index (χ0) is 36.5.